The number of fused-ring (bicyclic) bond motifs is 1. The van der Waals surface area contributed by atoms with Crippen molar-refractivity contribution < 1.29 is 0 Å². The van der Waals surface area contributed by atoms with Gasteiger partial charge in [-0.15, -0.1) is 0 Å². The molecule has 0 unspecified atom stereocenters. The van der Waals surface area contributed by atoms with Crippen LogP contribution in [0.15, 0.2) is 41.8 Å². The molecule has 0 atom stereocenters. The van der Waals surface area contributed by atoms with Gasteiger partial charge in [-0.25, -0.2) is 0 Å². The first-order valence-corrected chi connectivity index (χ1v) is 9.18. The first-order valence-electron chi connectivity index (χ1n) is 9.18. The second-order valence-corrected chi connectivity index (χ2v) is 6.86. The van der Waals surface area contributed by atoms with Crippen LogP contribution in [0.5, 0.6) is 0 Å². The lowest BCUT2D eigenvalue weighted by atomic mass is 9.79. The summed E-state index contributed by atoms with van der Waals surface area (Å²) in [5.74, 6) is 0.566. The van der Waals surface area contributed by atoms with E-state index in [9.17, 15) is 4.79 Å². The molecule has 128 valence electrons. The Balaban J connectivity index is 1.73. The first kappa shape index (κ1) is 17.0. The van der Waals surface area contributed by atoms with Crippen LogP contribution in [0.4, 0.5) is 0 Å². The van der Waals surface area contributed by atoms with Gasteiger partial charge in [0.2, 0.25) is 0 Å². The summed E-state index contributed by atoms with van der Waals surface area (Å²) in [6, 6.07) is 8.79. The molecule has 1 heterocycles. The molecule has 3 nitrogen and oxygen atoms in total. The Hall–Kier alpha value is -1.87. The zero-order chi connectivity index (χ0) is 17.1. The number of hydrogen-bond acceptors (Lipinski definition) is 2. The van der Waals surface area contributed by atoms with E-state index < -0.39 is 0 Å². The van der Waals surface area contributed by atoms with E-state index in [1.165, 1.54) is 36.8 Å². The predicted molar refractivity (Wildman–Crippen MR) is 102 cm³/mol. The summed E-state index contributed by atoms with van der Waals surface area (Å²) in [6.45, 7) is 11.2. The lowest BCUT2D eigenvalue weighted by Crippen LogP contribution is -2.37. The summed E-state index contributed by atoms with van der Waals surface area (Å²) in [5.41, 5.74) is 2.39. The van der Waals surface area contributed by atoms with E-state index >= 15 is 0 Å². The molecule has 1 saturated carbocycles. The molecule has 0 aliphatic heterocycles. The molecule has 0 amide bonds. The Morgan fingerprint density at radius 1 is 1.17 bits per heavy atom. The highest BCUT2D eigenvalue weighted by Gasteiger charge is 2.26. The number of aromatic nitrogens is 1. The topological polar surface area (TPSA) is 36.1 Å². The third-order valence-corrected chi connectivity index (χ3v) is 5.66. The number of pyridine rings is 1. The van der Waals surface area contributed by atoms with Gasteiger partial charge in [0.15, 0.2) is 0 Å². The van der Waals surface area contributed by atoms with Crippen molar-refractivity contribution in [3.8, 4) is 0 Å². The van der Waals surface area contributed by atoms with Crippen LogP contribution in [-0.2, 0) is 0 Å². The van der Waals surface area contributed by atoms with Gasteiger partial charge in [0, 0.05) is 17.6 Å². The average Bonchev–Trinajstić information content (AvgIpc) is 2.63. The number of rotatable bonds is 5. The summed E-state index contributed by atoms with van der Waals surface area (Å²) in [4.78, 5) is 17.2. The minimum absolute atomic E-state index is 0.0237. The summed E-state index contributed by atoms with van der Waals surface area (Å²) < 4.78 is 0. The highest BCUT2D eigenvalue weighted by Crippen LogP contribution is 2.36. The number of aromatic amines is 1. The molecular weight excluding hydrogens is 296 g/mol. The highest BCUT2D eigenvalue weighted by atomic mass is 16.1. The van der Waals surface area contributed by atoms with Crippen molar-refractivity contribution in [3.63, 3.8) is 0 Å². The molecular formula is C21H28N2O. The lowest BCUT2D eigenvalue weighted by molar-refractivity contribution is 0.160. The van der Waals surface area contributed by atoms with Crippen LogP contribution in [-0.4, -0.2) is 29.0 Å². The molecule has 1 aliphatic carbocycles. The Bertz CT molecular complexity index is 765. The minimum Gasteiger partial charge on any atom is -0.329 e. The van der Waals surface area contributed by atoms with E-state index in [0.717, 1.165) is 29.9 Å². The number of allylic oxidation sites excluding steroid dienone is 1. The van der Waals surface area contributed by atoms with E-state index in [2.05, 4.69) is 42.4 Å². The molecule has 24 heavy (non-hydrogen) atoms. The van der Waals surface area contributed by atoms with Crippen molar-refractivity contribution in [2.75, 3.05) is 13.1 Å². The van der Waals surface area contributed by atoms with Gasteiger partial charge in [-0.05, 0) is 79.4 Å². The molecule has 0 bridgehead atoms. The molecule has 3 heteroatoms. The molecule has 0 saturated heterocycles. The zero-order valence-electron chi connectivity index (χ0n) is 14.8. The van der Waals surface area contributed by atoms with Gasteiger partial charge in [0.1, 0.15) is 0 Å². The van der Waals surface area contributed by atoms with Crippen molar-refractivity contribution in [3.05, 3.63) is 53.0 Å². The Labute approximate surface area is 144 Å². The van der Waals surface area contributed by atoms with Gasteiger partial charge in [-0.3, -0.25) is 4.79 Å². The molecule has 1 fully saturated rings. The van der Waals surface area contributed by atoms with Crippen molar-refractivity contribution in [1.29, 1.82) is 0 Å². The van der Waals surface area contributed by atoms with E-state index in [4.69, 9.17) is 0 Å². The van der Waals surface area contributed by atoms with E-state index in [1.807, 2.05) is 12.1 Å². The fourth-order valence-electron chi connectivity index (χ4n) is 4.16. The third-order valence-electron chi connectivity index (χ3n) is 5.66. The molecule has 0 spiro atoms. The number of benzene rings is 1. The van der Waals surface area contributed by atoms with E-state index in [1.54, 1.807) is 6.20 Å². The first-order chi connectivity index (χ1) is 11.6. The number of hydrogen-bond donors (Lipinski definition) is 1. The van der Waals surface area contributed by atoms with Gasteiger partial charge in [0.05, 0.1) is 0 Å². The summed E-state index contributed by atoms with van der Waals surface area (Å²) in [7, 11) is 0. The number of nitrogens with zero attached hydrogens (tertiary/aromatic N) is 1. The number of H-pyrrole nitrogens is 1. The molecule has 2 aromatic rings. The van der Waals surface area contributed by atoms with Gasteiger partial charge in [0.25, 0.3) is 5.56 Å². The standard InChI is InChI=1S/C21H28N2O/c1-4-23(5-2)19-9-6-16(7-10-19)15(3)17-8-11-20-18(14-17)12-13-22-21(20)24/h8,11-14,16,19H,3-7,9-10H2,1-2H3,(H,22,24). The van der Waals surface area contributed by atoms with Crippen LogP contribution in [0.3, 0.4) is 0 Å². The fraction of sp³-hybridized carbons (Fsp3) is 0.476. The SMILES string of the molecule is C=C(c1ccc2c(=O)[nH]ccc2c1)C1CCC(N(CC)CC)CC1. The Morgan fingerprint density at radius 3 is 2.54 bits per heavy atom. The zero-order valence-corrected chi connectivity index (χ0v) is 14.8. The van der Waals surface area contributed by atoms with Crippen LogP contribution in [0, 0.1) is 5.92 Å². The van der Waals surface area contributed by atoms with Crippen LogP contribution in [0.25, 0.3) is 16.3 Å². The largest absolute Gasteiger partial charge is 0.329 e. The lowest BCUT2D eigenvalue weighted by Gasteiger charge is -2.36. The average molecular weight is 324 g/mol. The summed E-state index contributed by atoms with van der Waals surface area (Å²) >= 11 is 0. The van der Waals surface area contributed by atoms with E-state index in [0.29, 0.717) is 5.92 Å². The normalized spacial score (nSPS) is 21.3. The van der Waals surface area contributed by atoms with Crippen LogP contribution < -0.4 is 5.56 Å². The molecule has 1 aliphatic rings. The number of nitrogens with one attached hydrogen (secondary N) is 1. The molecule has 1 aromatic carbocycles. The van der Waals surface area contributed by atoms with E-state index in [-0.39, 0.29) is 5.56 Å². The van der Waals surface area contributed by atoms with Crippen molar-refractivity contribution >= 4 is 16.3 Å². The molecule has 0 radical (unpaired) electrons. The predicted octanol–water partition coefficient (Wildman–Crippen LogP) is 4.44. The minimum atomic E-state index is -0.0237. The monoisotopic (exact) mass is 324 g/mol. The van der Waals surface area contributed by atoms with Gasteiger partial charge in [-0.2, -0.15) is 0 Å². The summed E-state index contributed by atoms with van der Waals surface area (Å²) in [6.07, 6.45) is 6.67. The van der Waals surface area contributed by atoms with Crippen molar-refractivity contribution in [1.82, 2.24) is 9.88 Å². The third kappa shape index (κ3) is 3.32. The maximum absolute atomic E-state index is 11.8. The molecule has 3 rings (SSSR count). The van der Waals surface area contributed by atoms with Gasteiger partial charge in [-0.1, -0.05) is 26.5 Å². The van der Waals surface area contributed by atoms with Gasteiger partial charge >= 0.3 is 0 Å². The quantitative estimate of drug-likeness (QED) is 0.882. The summed E-state index contributed by atoms with van der Waals surface area (Å²) in [5, 5.41) is 1.74. The smallest absolute Gasteiger partial charge is 0.255 e. The van der Waals surface area contributed by atoms with Gasteiger partial charge < -0.3 is 9.88 Å². The van der Waals surface area contributed by atoms with Crippen LogP contribution in [0.2, 0.25) is 0 Å². The second-order valence-electron chi connectivity index (χ2n) is 6.86. The van der Waals surface area contributed by atoms with Crippen LogP contribution in [0.1, 0.15) is 45.1 Å². The maximum Gasteiger partial charge on any atom is 0.255 e. The van der Waals surface area contributed by atoms with Crippen molar-refractivity contribution in [2.45, 2.75) is 45.6 Å². The Morgan fingerprint density at radius 2 is 1.88 bits per heavy atom. The Kier molecular flexibility index (Phi) is 5.20. The fourth-order valence-corrected chi connectivity index (χ4v) is 4.16. The van der Waals surface area contributed by atoms with Crippen molar-refractivity contribution in [2.24, 2.45) is 5.92 Å². The molecule has 1 N–H and O–H groups in total. The van der Waals surface area contributed by atoms with Crippen LogP contribution >= 0.6 is 0 Å². The maximum atomic E-state index is 11.8. The highest BCUT2D eigenvalue weighted by molar-refractivity contribution is 5.85. The molecule has 1 aromatic heterocycles. The second kappa shape index (κ2) is 7.35.